The summed E-state index contributed by atoms with van der Waals surface area (Å²) in [5, 5.41) is 6.09. The number of benzene rings is 1. The fourth-order valence-electron chi connectivity index (χ4n) is 2.98. The molecule has 0 radical (unpaired) electrons. The SMILES string of the molecule is COc1ccc(CCNC(=O)c2cc(C)nc(NCC3CCCO3)n2)cc1. The molecule has 0 spiro atoms. The summed E-state index contributed by atoms with van der Waals surface area (Å²) in [7, 11) is 1.64. The molecule has 2 heterocycles. The molecular weight excluding hydrogens is 344 g/mol. The number of rotatable bonds is 8. The smallest absolute Gasteiger partial charge is 0.270 e. The van der Waals surface area contributed by atoms with Crippen LogP contribution in [-0.2, 0) is 11.2 Å². The lowest BCUT2D eigenvalue weighted by Gasteiger charge is -2.12. The lowest BCUT2D eigenvalue weighted by atomic mass is 10.1. The van der Waals surface area contributed by atoms with Crippen LogP contribution in [0.1, 0.15) is 34.6 Å². The van der Waals surface area contributed by atoms with Crippen molar-refractivity contribution >= 4 is 11.9 Å². The van der Waals surface area contributed by atoms with E-state index >= 15 is 0 Å². The number of hydrogen-bond donors (Lipinski definition) is 2. The quantitative estimate of drug-likeness (QED) is 0.742. The fourth-order valence-corrected chi connectivity index (χ4v) is 2.98. The Bertz CT molecular complexity index is 758. The van der Waals surface area contributed by atoms with Gasteiger partial charge in [-0.3, -0.25) is 4.79 Å². The Morgan fingerprint density at radius 2 is 2.11 bits per heavy atom. The van der Waals surface area contributed by atoms with Gasteiger partial charge in [0.2, 0.25) is 5.95 Å². The Morgan fingerprint density at radius 3 is 2.81 bits per heavy atom. The van der Waals surface area contributed by atoms with Gasteiger partial charge in [0.1, 0.15) is 11.4 Å². The first-order valence-corrected chi connectivity index (χ1v) is 9.26. The van der Waals surface area contributed by atoms with Crippen LogP contribution in [0.2, 0.25) is 0 Å². The molecule has 7 nitrogen and oxygen atoms in total. The van der Waals surface area contributed by atoms with Crippen molar-refractivity contribution in [1.29, 1.82) is 0 Å². The summed E-state index contributed by atoms with van der Waals surface area (Å²) in [6.45, 7) is 3.85. The number of carbonyl (C=O) groups excluding carboxylic acids is 1. The van der Waals surface area contributed by atoms with E-state index in [4.69, 9.17) is 9.47 Å². The number of nitrogens with one attached hydrogen (secondary N) is 2. The van der Waals surface area contributed by atoms with Crippen molar-refractivity contribution in [1.82, 2.24) is 15.3 Å². The second kappa shape index (κ2) is 9.32. The monoisotopic (exact) mass is 370 g/mol. The molecular formula is C20H26N4O3. The molecule has 0 bridgehead atoms. The maximum absolute atomic E-state index is 12.4. The van der Waals surface area contributed by atoms with Crippen LogP contribution in [0.25, 0.3) is 0 Å². The van der Waals surface area contributed by atoms with Gasteiger partial charge in [-0.25, -0.2) is 9.97 Å². The lowest BCUT2D eigenvalue weighted by molar-refractivity contribution is 0.0949. The Hall–Kier alpha value is -2.67. The second-order valence-electron chi connectivity index (χ2n) is 6.59. The van der Waals surface area contributed by atoms with Gasteiger partial charge in [0.25, 0.3) is 5.91 Å². The largest absolute Gasteiger partial charge is 0.497 e. The minimum absolute atomic E-state index is 0.191. The number of aromatic nitrogens is 2. The Morgan fingerprint density at radius 1 is 1.30 bits per heavy atom. The van der Waals surface area contributed by atoms with Crippen molar-refractivity contribution in [3.63, 3.8) is 0 Å². The highest BCUT2D eigenvalue weighted by Crippen LogP contribution is 2.13. The highest BCUT2D eigenvalue weighted by atomic mass is 16.5. The molecule has 1 aliphatic heterocycles. The van der Waals surface area contributed by atoms with Crippen LogP contribution in [0, 0.1) is 6.92 Å². The van der Waals surface area contributed by atoms with Crippen molar-refractivity contribution in [3.05, 3.63) is 47.3 Å². The zero-order valence-electron chi connectivity index (χ0n) is 15.8. The van der Waals surface area contributed by atoms with Crippen LogP contribution in [0.3, 0.4) is 0 Å². The number of methoxy groups -OCH3 is 1. The van der Waals surface area contributed by atoms with Gasteiger partial charge in [-0.05, 0) is 49.9 Å². The van der Waals surface area contributed by atoms with Crippen molar-refractivity contribution < 1.29 is 14.3 Å². The molecule has 1 atom stereocenters. The molecule has 7 heteroatoms. The van der Waals surface area contributed by atoms with Gasteiger partial charge in [0.05, 0.1) is 13.2 Å². The van der Waals surface area contributed by atoms with E-state index < -0.39 is 0 Å². The van der Waals surface area contributed by atoms with E-state index in [0.717, 1.165) is 42.9 Å². The summed E-state index contributed by atoms with van der Waals surface area (Å²) in [5.41, 5.74) is 2.25. The average molecular weight is 370 g/mol. The summed E-state index contributed by atoms with van der Waals surface area (Å²) in [4.78, 5) is 21.1. The summed E-state index contributed by atoms with van der Waals surface area (Å²) in [6.07, 6.45) is 3.06. The standard InChI is InChI=1S/C20H26N4O3/c1-14-12-18(24-20(23-14)22-13-17-4-3-11-27-17)19(25)21-10-9-15-5-7-16(26-2)8-6-15/h5-8,12,17H,3-4,9-11,13H2,1-2H3,(H,21,25)(H,22,23,24). The van der Waals surface area contributed by atoms with Crippen LogP contribution in [0.5, 0.6) is 5.75 Å². The topological polar surface area (TPSA) is 85.4 Å². The van der Waals surface area contributed by atoms with Crippen molar-refractivity contribution in [3.8, 4) is 5.75 Å². The summed E-state index contributed by atoms with van der Waals surface area (Å²) in [5.74, 6) is 1.09. The molecule has 2 aromatic rings. The Balaban J connectivity index is 1.52. The van der Waals surface area contributed by atoms with Gasteiger partial charge in [0, 0.05) is 25.4 Å². The molecule has 1 amide bonds. The van der Waals surface area contributed by atoms with Crippen molar-refractivity contribution in [2.24, 2.45) is 0 Å². The number of amides is 1. The van der Waals surface area contributed by atoms with Gasteiger partial charge in [-0.15, -0.1) is 0 Å². The molecule has 2 N–H and O–H groups in total. The third kappa shape index (κ3) is 5.65. The predicted molar refractivity (Wildman–Crippen MR) is 103 cm³/mol. The van der Waals surface area contributed by atoms with Gasteiger partial charge in [-0.2, -0.15) is 0 Å². The molecule has 0 saturated carbocycles. The molecule has 27 heavy (non-hydrogen) atoms. The average Bonchev–Trinajstić information content (AvgIpc) is 3.20. The van der Waals surface area contributed by atoms with Gasteiger partial charge >= 0.3 is 0 Å². The fraction of sp³-hybridized carbons (Fsp3) is 0.450. The van der Waals surface area contributed by atoms with Gasteiger partial charge < -0.3 is 20.1 Å². The zero-order valence-corrected chi connectivity index (χ0v) is 15.8. The lowest BCUT2D eigenvalue weighted by Crippen LogP contribution is -2.27. The highest BCUT2D eigenvalue weighted by molar-refractivity contribution is 5.92. The number of aryl methyl sites for hydroxylation is 1. The molecule has 144 valence electrons. The first-order chi connectivity index (χ1) is 13.1. The van der Waals surface area contributed by atoms with E-state index in [-0.39, 0.29) is 12.0 Å². The molecule has 1 aromatic carbocycles. The summed E-state index contributed by atoms with van der Waals surface area (Å²) in [6, 6.07) is 9.51. The van der Waals surface area contributed by atoms with Crippen LogP contribution < -0.4 is 15.4 Å². The minimum atomic E-state index is -0.200. The van der Waals surface area contributed by atoms with E-state index in [9.17, 15) is 4.79 Å². The molecule has 1 fully saturated rings. The number of ether oxygens (including phenoxy) is 2. The Kier molecular flexibility index (Phi) is 6.59. The third-order valence-electron chi connectivity index (χ3n) is 4.46. The maximum atomic E-state index is 12.4. The predicted octanol–water partition coefficient (Wildman–Crippen LogP) is 2.36. The summed E-state index contributed by atoms with van der Waals surface area (Å²) >= 11 is 0. The minimum Gasteiger partial charge on any atom is -0.497 e. The number of hydrogen-bond acceptors (Lipinski definition) is 6. The van der Waals surface area contributed by atoms with Crippen LogP contribution >= 0.6 is 0 Å². The maximum Gasteiger partial charge on any atom is 0.270 e. The van der Waals surface area contributed by atoms with Crippen LogP contribution in [0.15, 0.2) is 30.3 Å². The van der Waals surface area contributed by atoms with Crippen molar-refractivity contribution in [2.75, 3.05) is 32.1 Å². The highest BCUT2D eigenvalue weighted by Gasteiger charge is 2.16. The van der Waals surface area contributed by atoms with E-state index in [1.54, 1.807) is 13.2 Å². The van der Waals surface area contributed by atoms with E-state index in [1.807, 2.05) is 31.2 Å². The first kappa shape index (κ1) is 19.1. The van der Waals surface area contributed by atoms with Gasteiger partial charge in [-0.1, -0.05) is 12.1 Å². The molecule has 3 rings (SSSR count). The number of carbonyl (C=O) groups is 1. The third-order valence-corrected chi connectivity index (χ3v) is 4.46. The van der Waals surface area contributed by atoms with E-state index in [1.165, 1.54) is 0 Å². The summed E-state index contributed by atoms with van der Waals surface area (Å²) < 4.78 is 10.7. The molecule has 0 aliphatic carbocycles. The van der Waals surface area contributed by atoms with E-state index in [2.05, 4.69) is 20.6 Å². The normalized spacial score (nSPS) is 16.1. The van der Waals surface area contributed by atoms with Crippen molar-refractivity contribution in [2.45, 2.75) is 32.3 Å². The Labute approximate surface area is 159 Å². The zero-order chi connectivity index (χ0) is 19.1. The van der Waals surface area contributed by atoms with Crippen LogP contribution in [-0.4, -0.2) is 48.8 Å². The van der Waals surface area contributed by atoms with E-state index in [0.29, 0.717) is 24.7 Å². The molecule has 1 aromatic heterocycles. The number of nitrogens with zero attached hydrogens (tertiary/aromatic N) is 2. The molecule has 1 unspecified atom stereocenters. The number of anilines is 1. The first-order valence-electron chi connectivity index (χ1n) is 9.26. The molecule has 1 saturated heterocycles. The molecule has 1 aliphatic rings. The van der Waals surface area contributed by atoms with Crippen LogP contribution in [0.4, 0.5) is 5.95 Å². The second-order valence-corrected chi connectivity index (χ2v) is 6.59. The van der Waals surface area contributed by atoms with Gasteiger partial charge in [0.15, 0.2) is 0 Å².